The van der Waals surface area contributed by atoms with Crippen LogP contribution in [0.2, 0.25) is 0 Å². The summed E-state index contributed by atoms with van der Waals surface area (Å²) in [4.78, 5) is 36.8. The van der Waals surface area contributed by atoms with E-state index in [1.807, 2.05) is 13.8 Å². The molecule has 1 aromatic carbocycles. The predicted molar refractivity (Wildman–Crippen MR) is 88.1 cm³/mol. The Balaban J connectivity index is 2.68. The molecule has 6 heteroatoms. The molecule has 0 saturated carbocycles. The van der Waals surface area contributed by atoms with Crippen molar-refractivity contribution in [3.8, 4) is 0 Å². The van der Waals surface area contributed by atoms with E-state index < -0.39 is 11.9 Å². The Kier molecular flexibility index (Phi) is 7.53. The topological polar surface area (TPSA) is 75.7 Å². The molecule has 0 unspecified atom stereocenters. The normalized spacial score (nSPS) is 10.4. The number of anilines is 1. The predicted octanol–water partition coefficient (Wildman–Crippen LogP) is 2.23. The van der Waals surface area contributed by atoms with Crippen LogP contribution < -0.4 is 5.32 Å². The van der Waals surface area contributed by atoms with E-state index in [1.54, 1.807) is 36.1 Å². The highest BCUT2D eigenvalue weighted by atomic mass is 16.5. The van der Waals surface area contributed by atoms with Crippen LogP contribution in [0.3, 0.4) is 0 Å². The maximum atomic E-state index is 12.3. The smallest absolute Gasteiger partial charge is 0.330 e. The minimum Gasteiger partial charge on any atom is -0.452 e. The third-order valence-electron chi connectivity index (χ3n) is 3.09. The summed E-state index contributed by atoms with van der Waals surface area (Å²) in [6.45, 7) is 6.36. The van der Waals surface area contributed by atoms with Gasteiger partial charge in [-0.1, -0.05) is 12.1 Å². The summed E-state index contributed by atoms with van der Waals surface area (Å²) in [5.41, 5.74) is 0.979. The van der Waals surface area contributed by atoms with Gasteiger partial charge in [-0.2, -0.15) is 0 Å². The number of benzene rings is 1. The summed E-state index contributed by atoms with van der Waals surface area (Å²) < 4.78 is 4.75. The van der Waals surface area contributed by atoms with Gasteiger partial charge in [0.15, 0.2) is 6.61 Å². The quantitative estimate of drug-likeness (QED) is 0.618. The molecule has 2 amide bonds. The second-order valence-electron chi connectivity index (χ2n) is 4.71. The van der Waals surface area contributed by atoms with E-state index in [1.165, 1.54) is 12.2 Å². The minimum atomic E-state index is -0.576. The van der Waals surface area contributed by atoms with Crippen molar-refractivity contribution in [2.75, 3.05) is 25.0 Å². The molecule has 0 aliphatic rings. The highest BCUT2D eigenvalue weighted by molar-refractivity contribution is 5.98. The molecule has 0 radical (unpaired) electrons. The maximum Gasteiger partial charge on any atom is 0.330 e. The number of nitrogens with one attached hydrogen (secondary N) is 1. The van der Waals surface area contributed by atoms with Gasteiger partial charge in [0.25, 0.3) is 11.8 Å². The second-order valence-corrected chi connectivity index (χ2v) is 4.71. The highest BCUT2D eigenvalue weighted by Gasteiger charge is 2.13. The molecule has 0 aliphatic carbocycles. The monoisotopic (exact) mass is 318 g/mol. The SMILES string of the molecule is C/C=C/C(=O)OCC(=O)Nc1cccc(C(=O)N(CC)CC)c1. The molecule has 1 N–H and O–H groups in total. The Labute approximate surface area is 136 Å². The van der Waals surface area contributed by atoms with Crippen molar-refractivity contribution >= 4 is 23.5 Å². The zero-order chi connectivity index (χ0) is 17.2. The van der Waals surface area contributed by atoms with E-state index in [9.17, 15) is 14.4 Å². The Morgan fingerprint density at radius 1 is 1.22 bits per heavy atom. The molecule has 0 aliphatic heterocycles. The zero-order valence-electron chi connectivity index (χ0n) is 13.7. The molecule has 23 heavy (non-hydrogen) atoms. The average molecular weight is 318 g/mol. The van der Waals surface area contributed by atoms with Gasteiger partial charge in [0.1, 0.15) is 0 Å². The number of amides is 2. The standard InChI is InChI=1S/C17H22N2O4/c1-4-8-16(21)23-12-15(20)18-14-10-7-9-13(11-14)17(22)19(5-2)6-3/h4,7-11H,5-6,12H2,1-3H3,(H,18,20)/b8-4+. The molecule has 0 heterocycles. The third kappa shape index (κ3) is 5.94. The molecule has 0 aromatic heterocycles. The van der Waals surface area contributed by atoms with Crippen molar-refractivity contribution in [1.29, 1.82) is 0 Å². The lowest BCUT2D eigenvalue weighted by Gasteiger charge is -2.19. The van der Waals surface area contributed by atoms with Crippen molar-refractivity contribution in [3.05, 3.63) is 42.0 Å². The fraction of sp³-hybridized carbons (Fsp3) is 0.353. The number of carbonyl (C=O) groups is 3. The van der Waals surface area contributed by atoms with Gasteiger partial charge < -0.3 is 15.0 Å². The summed E-state index contributed by atoms with van der Waals surface area (Å²) in [7, 11) is 0. The van der Waals surface area contributed by atoms with E-state index in [2.05, 4.69) is 5.32 Å². The van der Waals surface area contributed by atoms with Gasteiger partial charge in [-0.15, -0.1) is 0 Å². The molecule has 124 valence electrons. The van der Waals surface area contributed by atoms with E-state index in [-0.39, 0.29) is 12.5 Å². The van der Waals surface area contributed by atoms with Crippen molar-refractivity contribution in [1.82, 2.24) is 4.90 Å². The van der Waals surface area contributed by atoms with Gasteiger partial charge in [-0.05, 0) is 39.0 Å². The van der Waals surface area contributed by atoms with Gasteiger partial charge >= 0.3 is 5.97 Å². The van der Waals surface area contributed by atoms with Crippen molar-refractivity contribution in [3.63, 3.8) is 0 Å². The number of esters is 1. The first kappa shape index (κ1) is 18.4. The Morgan fingerprint density at radius 3 is 2.52 bits per heavy atom. The van der Waals surface area contributed by atoms with Gasteiger partial charge in [-0.25, -0.2) is 4.79 Å². The van der Waals surface area contributed by atoms with E-state index in [0.717, 1.165) is 0 Å². The van der Waals surface area contributed by atoms with Crippen LogP contribution >= 0.6 is 0 Å². The zero-order valence-corrected chi connectivity index (χ0v) is 13.7. The average Bonchev–Trinajstić information content (AvgIpc) is 2.54. The molecule has 0 spiro atoms. The van der Waals surface area contributed by atoms with E-state index >= 15 is 0 Å². The van der Waals surface area contributed by atoms with Crippen molar-refractivity contribution in [2.45, 2.75) is 20.8 Å². The Hall–Kier alpha value is -2.63. The summed E-state index contributed by atoms with van der Waals surface area (Å²) in [6.07, 6.45) is 2.76. The lowest BCUT2D eigenvalue weighted by Crippen LogP contribution is -2.30. The minimum absolute atomic E-state index is 0.0920. The Bertz CT molecular complexity index is 592. The number of nitrogens with zero attached hydrogens (tertiary/aromatic N) is 1. The lowest BCUT2D eigenvalue weighted by molar-refractivity contribution is -0.142. The van der Waals surface area contributed by atoms with Gasteiger partial charge in [0.2, 0.25) is 0 Å². The molecule has 6 nitrogen and oxygen atoms in total. The first-order chi connectivity index (χ1) is 11.0. The summed E-state index contributed by atoms with van der Waals surface area (Å²) in [5.74, 6) is -1.13. The number of hydrogen-bond donors (Lipinski definition) is 1. The van der Waals surface area contributed by atoms with Crippen LogP contribution in [0.1, 0.15) is 31.1 Å². The molecule has 1 rings (SSSR count). The van der Waals surface area contributed by atoms with Crippen LogP contribution in [0.15, 0.2) is 36.4 Å². The molecule has 0 saturated heterocycles. The first-order valence-electron chi connectivity index (χ1n) is 7.50. The van der Waals surface area contributed by atoms with Gasteiger partial charge in [-0.3, -0.25) is 9.59 Å². The van der Waals surface area contributed by atoms with Crippen LogP contribution in [-0.2, 0) is 14.3 Å². The van der Waals surface area contributed by atoms with E-state index in [4.69, 9.17) is 4.74 Å². The van der Waals surface area contributed by atoms with Crippen LogP contribution in [-0.4, -0.2) is 42.4 Å². The number of rotatable bonds is 7. The molecular formula is C17H22N2O4. The largest absolute Gasteiger partial charge is 0.452 e. The molecule has 0 fully saturated rings. The number of hydrogen-bond acceptors (Lipinski definition) is 4. The van der Waals surface area contributed by atoms with Crippen LogP contribution in [0.5, 0.6) is 0 Å². The van der Waals surface area contributed by atoms with Crippen molar-refractivity contribution in [2.24, 2.45) is 0 Å². The van der Waals surface area contributed by atoms with Crippen LogP contribution in [0.4, 0.5) is 5.69 Å². The summed E-state index contributed by atoms with van der Waals surface area (Å²) in [6, 6.07) is 6.66. The number of allylic oxidation sites excluding steroid dienone is 1. The Morgan fingerprint density at radius 2 is 1.91 bits per heavy atom. The molecular weight excluding hydrogens is 296 g/mol. The number of carbonyl (C=O) groups excluding carboxylic acids is 3. The van der Waals surface area contributed by atoms with Gasteiger partial charge in [0, 0.05) is 30.4 Å². The highest BCUT2D eigenvalue weighted by Crippen LogP contribution is 2.13. The van der Waals surface area contributed by atoms with Crippen LogP contribution in [0.25, 0.3) is 0 Å². The second kappa shape index (κ2) is 9.40. The van der Waals surface area contributed by atoms with Gasteiger partial charge in [0.05, 0.1) is 0 Å². The third-order valence-corrected chi connectivity index (χ3v) is 3.09. The fourth-order valence-corrected chi connectivity index (χ4v) is 1.94. The van der Waals surface area contributed by atoms with E-state index in [0.29, 0.717) is 24.3 Å². The summed E-state index contributed by atoms with van der Waals surface area (Å²) >= 11 is 0. The fourth-order valence-electron chi connectivity index (χ4n) is 1.94. The summed E-state index contributed by atoms with van der Waals surface area (Å²) in [5, 5.41) is 2.60. The van der Waals surface area contributed by atoms with Crippen molar-refractivity contribution < 1.29 is 19.1 Å². The molecule has 0 bridgehead atoms. The first-order valence-corrected chi connectivity index (χ1v) is 7.50. The maximum absolute atomic E-state index is 12.3. The molecule has 0 atom stereocenters. The number of ether oxygens (including phenoxy) is 1. The molecule has 1 aromatic rings. The lowest BCUT2D eigenvalue weighted by atomic mass is 10.1. The van der Waals surface area contributed by atoms with Crippen LogP contribution in [0, 0.1) is 0 Å².